The molecule has 0 amide bonds. The Morgan fingerprint density at radius 2 is 1.12 bits per heavy atom. The molecule has 0 spiro atoms. The van der Waals surface area contributed by atoms with Gasteiger partial charge in [-0.3, -0.25) is 0 Å². The van der Waals surface area contributed by atoms with Crippen LogP contribution in [0.3, 0.4) is 0 Å². The van der Waals surface area contributed by atoms with E-state index in [-0.39, 0.29) is 0 Å². The zero-order valence-corrected chi connectivity index (χ0v) is 9.81. The van der Waals surface area contributed by atoms with Crippen molar-refractivity contribution < 1.29 is 8.37 Å². The lowest BCUT2D eigenvalue weighted by molar-refractivity contribution is 0.543. The van der Waals surface area contributed by atoms with Crippen LogP contribution in [0.1, 0.15) is 0 Å². The SMILES string of the molecule is Nc1ccccc1OSOc1ccccc1N. The van der Waals surface area contributed by atoms with E-state index >= 15 is 0 Å². The zero-order chi connectivity index (χ0) is 12.1. The first-order chi connectivity index (χ1) is 8.27. The van der Waals surface area contributed by atoms with Gasteiger partial charge in [-0.2, -0.15) is 0 Å². The lowest BCUT2D eigenvalue weighted by Crippen LogP contribution is -1.94. The maximum atomic E-state index is 5.71. The van der Waals surface area contributed by atoms with Crippen molar-refractivity contribution >= 4 is 23.7 Å². The average molecular weight is 248 g/mol. The second-order valence-corrected chi connectivity index (χ2v) is 3.78. The average Bonchev–Trinajstić information content (AvgIpc) is 2.34. The maximum Gasteiger partial charge on any atom is 0.293 e. The number of hydrogen-bond acceptors (Lipinski definition) is 5. The van der Waals surface area contributed by atoms with Gasteiger partial charge in [0.05, 0.1) is 11.4 Å². The molecule has 88 valence electrons. The largest absolute Gasteiger partial charge is 0.396 e. The predicted octanol–water partition coefficient (Wildman–Crippen LogP) is 2.87. The van der Waals surface area contributed by atoms with Crippen molar-refractivity contribution in [2.75, 3.05) is 11.5 Å². The molecular weight excluding hydrogens is 236 g/mol. The minimum Gasteiger partial charge on any atom is -0.396 e. The van der Waals surface area contributed by atoms with Crippen LogP contribution in [0.2, 0.25) is 0 Å². The number of nitrogens with two attached hydrogens (primary N) is 2. The van der Waals surface area contributed by atoms with E-state index in [0.29, 0.717) is 22.9 Å². The minimum absolute atomic E-state index is 0.560. The molecule has 4 nitrogen and oxygen atoms in total. The fraction of sp³-hybridized carbons (Fsp3) is 0. The van der Waals surface area contributed by atoms with Crippen LogP contribution in [0.5, 0.6) is 11.5 Å². The summed E-state index contributed by atoms with van der Waals surface area (Å²) in [6.45, 7) is 0. The van der Waals surface area contributed by atoms with Gasteiger partial charge < -0.3 is 19.8 Å². The van der Waals surface area contributed by atoms with Gasteiger partial charge in [-0.05, 0) is 24.3 Å². The summed E-state index contributed by atoms with van der Waals surface area (Å²) in [5, 5.41) is 0. The third kappa shape index (κ3) is 2.98. The summed E-state index contributed by atoms with van der Waals surface area (Å²) in [7, 11) is 0. The van der Waals surface area contributed by atoms with E-state index in [9.17, 15) is 0 Å². The molecule has 0 saturated heterocycles. The van der Waals surface area contributed by atoms with E-state index < -0.39 is 0 Å². The Bertz CT molecular complexity index is 460. The van der Waals surface area contributed by atoms with Gasteiger partial charge in [-0.25, -0.2) is 0 Å². The summed E-state index contributed by atoms with van der Waals surface area (Å²) in [4.78, 5) is 0. The summed E-state index contributed by atoms with van der Waals surface area (Å²) in [6.07, 6.45) is 0. The molecule has 0 unspecified atom stereocenters. The molecule has 0 fully saturated rings. The number of benzene rings is 2. The van der Waals surface area contributed by atoms with E-state index in [2.05, 4.69) is 0 Å². The number of rotatable bonds is 4. The molecule has 0 aliphatic rings. The third-order valence-electron chi connectivity index (χ3n) is 2.09. The minimum atomic E-state index is 0.560. The van der Waals surface area contributed by atoms with Gasteiger partial charge in [0.15, 0.2) is 11.5 Å². The Hall–Kier alpha value is -2.01. The zero-order valence-electron chi connectivity index (χ0n) is 9.00. The standard InChI is InChI=1S/C12H12N2O2S/c13-9-5-1-3-7-11(9)15-17-16-12-8-4-2-6-10(12)14/h1-8H,13-14H2. The van der Waals surface area contributed by atoms with Gasteiger partial charge >= 0.3 is 0 Å². The van der Waals surface area contributed by atoms with Gasteiger partial charge in [0.1, 0.15) is 0 Å². The van der Waals surface area contributed by atoms with Crippen molar-refractivity contribution in [1.82, 2.24) is 0 Å². The number of hydrogen-bond donors (Lipinski definition) is 2. The molecule has 5 heteroatoms. The van der Waals surface area contributed by atoms with Gasteiger partial charge in [-0.1, -0.05) is 24.3 Å². The highest BCUT2D eigenvalue weighted by atomic mass is 32.2. The molecule has 2 rings (SSSR count). The predicted molar refractivity (Wildman–Crippen MR) is 70.6 cm³/mol. The smallest absolute Gasteiger partial charge is 0.293 e. The van der Waals surface area contributed by atoms with E-state index in [1.165, 1.54) is 0 Å². The Labute approximate surface area is 104 Å². The summed E-state index contributed by atoms with van der Waals surface area (Å²) < 4.78 is 10.6. The van der Waals surface area contributed by atoms with E-state index in [1.54, 1.807) is 24.3 Å². The van der Waals surface area contributed by atoms with Gasteiger partial charge in [-0.15, -0.1) is 0 Å². The molecule has 0 radical (unpaired) electrons. The second-order valence-electron chi connectivity index (χ2n) is 3.31. The Kier molecular flexibility index (Phi) is 3.62. The summed E-state index contributed by atoms with van der Waals surface area (Å²) >= 11 is 0.828. The van der Waals surface area contributed by atoms with Crippen molar-refractivity contribution in [3.05, 3.63) is 48.5 Å². The summed E-state index contributed by atoms with van der Waals surface area (Å²) in [6, 6.07) is 14.4. The molecule has 0 heterocycles. The Balaban J connectivity index is 1.93. The van der Waals surface area contributed by atoms with E-state index in [0.717, 1.165) is 12.3 Å². The van der Waals surface area contributed by atoms with Crippen molar-refractivity contribution in [3.63, 3.8) is 0 Å². The Morgan fingerprint density at radius 3 is 1.53 bits per heavy atom. The van der Waals surface area contributed by atoms with Crippen LogP contribution >= 0.6 is 12.3 Å². The van der Waals surface area contributed by atoms with Crippen molar-refractivity contribution in [1.29, 1.82) is 0 Å². The molecule has 4 N–H and O–H groups in total. The summed E-state index contributed by atoms with van der Waals surface area (Å²) in [5.74, 6) is 1.12. The first-order valence-electron chi connectivity index (χ1n) is 4.97. The molecule has 0 aromatic heterocycles. The molecule has 2 aromatic carbocycles. The van der Waals surface area contributed by atoms with Crippen LogP contribution in [-0.4, -0.2) is 0 Å². The number of anilines is 2. The highest BCUT2D eigenvalue weighted by Crippen LogP contribution is 2.28. The quantitative estimate of drug-likeness (QED) is 0.643. The van der Waals surface area contributed by atoms with Crippen molar-refractivity contribution in [2.45, 2.75) is 0 Å². The molecule has 2 aromatic rings. The first kappa shape index (κ1) is 11.5. The van der Waals surface area contributed by atoms with Crippen LogP contribution in [0.4, 0.5) is 11.4 Å². The normalized spacial score (nSPS) is 9.88. The fourth-order valence-corrected chi connectivity index (χ4v) is 1.69. The molecule has 0 aliphatic carbocycles. The monoisotopic (exact) mass is 248 g/mol. The van der Waals surface area contributed by atoms with Crippen LogP contribution < -0.4 is 19.8 Å². The van der Waals surface area contributed by atoms with Crippen LogP contribution in [0.25, 0.3) is 0 Å². The molecular formula is C12H12N2O2S. The molecule has 0 bridgehead atoms. The number of para-hydroxylation sites is 4. The van der Waals surface area contributed by atoms with Gasteiger partial charge in [0.25, 0.3) is 12.3 Å². The summed E-state index contributed by atoms with van der Waals surface area (Å²) in [5.41, 5.74) is 12.5. The number of nitrogen functional groups attached to an aromatic ring is 2. The van der Waals surface area contributed by atoms with E-state index in [1.807, 2.05) is 24.3 Å². The van der Waals surface area contributed by atoms with Crippen LogP contribution in [0, 0.1) is 0 Å². The topological polar surface area (TPSA) is 70.5 Å². The third-order valence-corrected chi connectivity index (χ3v) is 2.58. The maximum absolute atomic E-state index is 5.71. The van der Waals surface area contributed by atoms with Gasteiger partial charge in [0.2, 0.25) is 0 Å². The first-order valence-corrected chi connectivity index (χ1v) is 5.64. The molecule has 17 heavy (non-hydrogen) atoms. The molecule has 0 atom stereocenters. The second kappa shape index (κ2) is 5.36. The highest BCUT2D eigenvalue weighted by Gasteiger charge is 2.03. The van der Waals surface area contributed by atoms with Crippen molar-refractivity contribution in [2.24, 2.45) is 0 Å². The molecule has 0 aliphatic heterocycles. The molecule has 0 saturated carbocycles. The van der Waals surface area contributed by atoms with Gasteiger partial charge in [0, 0.05) is 0 Å². The van der Waals surface area contributed by atoms with Crippen molar-refractivity contribution in [3.8, 4) is 11.5 Å². The fourth-order valence-electron chi connectivity index (χ4n) is 1.20. The highest BCUT2D eigenvalue weighted by molar-refractivity contribution is 7.90. The Morgan fingerprint density at radius 1 is 0.706 bits per heavy atom. The van der Waals surface area contributed by atoms with Crippen LogP contribution in [-0.2, 0) is 0 Å². The lowest BCUT2D eigenvalue weighted by Gasteiger charge is -2.07. The van der Waals surface area contributed by atoms with Crippen LogP contribution in [0.15, 0.2) is 48.5 Å². The lowest BCUT2D eigenvalue weighted by atomic mass is 10.3. The van der Waals surface area contributed by atoms with E-state index in [4.69, 9.17) is 19.8 Å².